The number of imidazole rings is 1. The largest absolute Gasteiger partial charge is 0.464 e. The lowest BCUT2D eigenvalue weighted by Crippen LogP contribution is -2.52. The number of ether oxygens (including phenoxy) is 2. The van der Waals surface area contributed by atoms with Gasteiger partial charge in [0.25, 0.3) is 0 Å². The SMILES string of the molecule is C#C[C@@]12COP(=O)(NC(C)(C)C(=O)OCC(C)(C)C)O[C@@H]1C[C@H](n1cnc3c(N)nc(F)nc31)O2. The number of nitrogens with one attached hydrogen (secondary N) is 1. The van der Waals surface area contributed by atoms with E-state index < -0.39 is 43.3 Å². The van der Waals surface area contributed by atoms with Crippen LogP contribution in [0.1, 0.15) is 47.3 Å². The van der Waals surface area contributed by atoms with Crippen molar-refractivity contribution in [1.29, 1.82) is 0 Å². The van der Waals surface area contributed by atoms with Crippen molar-refractivity contribution in [3.05, 3.63) is 12.4 Å². The van der Waals surface area contributed by atoms with E-state index in [4.69, 9.17) is 30.7 Å². The Morgan fingerprint density at radius 2 is 2.14 bits per heavy atom. The van der Waals surface area contributed by atoms with Crippen LogP contribution in [0.3, 0.4) is 0 Å². The second-order valence-electron chi connectivity index (χ2n) is 10.3. The molecule has 2 aliphatic heterocycles. The standard InChI is InChI=1S/C21H28FN6O6P/c1-7-21-10-32-35(30,27-20(5,6)17(29)31-9-19(2,3)4)34-12(21)8-13(33-21)28-11-24-14-15(23)25-18(22)26-16(14)28/h1,11-13H,8-10H2,2-6H3,(H,27,30)(H2,23,25,26)/t12-,13-,21-,35?/m1/s1. The molecule has 0 spiro atoms. The molecule has 2 saturated heterocycles. The van der Waals surface area contributed by atoms with Crippen LogP contribution >= 0.6 is 7.75 Å². The van der Waals surface area contributed by atoms with Crippen molar-refractivity contribution >= 4 is 30.7 Å². The molecule has 3 N–H and O–H groups in total. The summed E-state index contributed by atoms with van der Waals surface area (Å²) < 4.78 is 51.4. The summed E-state index contributed by atoms with van der Waals surface area (Å²) >= 11 is 0. The minimum absolute atomic E-state index is 0.107. The number of hydrogen-bond acceptors (Lipinski definition) is 10. The Morgan fingerprint density at radius 3 is 2.80 bits per heavy atom. The Bertz CT molecular complexity index is 1250. The molecule has 190 valence electrons. The molecule has 0 bridgehead atoms. The van der Waals surface area contributed by atoms with Crippen molar-refractivity contribution in [3.8, 4) is 12.3 Å². The number of nitrogens with zero attached hydrogens (tertiary/aromatic N) is 4. The Hall–Kier alpha value is -2.62. The zero-order chi connectivity index (χ0) is 25.8. The van der Waals surface area contributed by atoms with Gasteiger partial charge >= 0.3 is 19.8 Å². The zero-order valence-corrected chi connectivity index (χ0v) is 21.0. The van der Waals surface area contributed by atoms with Gasteiger partial charge in [-0.15, -0.1) is 6.42 Å². The highest BCUT2D eigenvalue weighted by molar-refractivity contribution is 7.51. The molecule has 0 aromatic carbocycles. The number of rotatable bonds is 5. The molecule has 2 fully saturated rings. The summed E-state index contributed by atoms with van der Waals surface area (Å²) in [5.41, 5.74) is 3.02. The monoisotopic (exact) mass is 510 g/mol. The quantitative estimate of drug-likeness (QED) is 0.264. The third kappa shape index (κ3) is 4.90. The predicted molar refractivity (Wildman–Crippen MR) is 122 cm³/mol. The fourth-order valence-corrected chi connectivity index (χ4v) is 5.65. The van der Waals surface area contributed by atoms with Gasteiger partial charge in [-0.3, -0.25) is 18.4 Å². The van der Waals surface area contributed by atoms with Crippen LogP contribution in [0.15, 0.2) is 6.33 Å². The van der Waals surface area contributed by atoms with Crippen LogP contribution < -0.4 is 10.8 Å². The van der Waals surface area contributed by atoms with Crippen molar-refractivity contribution in [2.24, 2.45) is 5.41 Å². The minimum Gasteiger partial charge on any atom is -0.464 e. The van der Waals surface area contributed by atoms with E-state index in [9.17, 15) is 13.8 Å². The van der Waals surface area contributed by atoms with Crippen LogP contribution in [0.4, 0.5) is 10.2 Å². The molecular weight excluding hydrogens is 482 g/mol. The van der Waals surface area contributed by atoms with Crippen molar-refractivity contribution in [2.45, 2.75) is 64.5 Å². The Labute approximate surface area is 201 Å². The zero-order valence-electron chi connectivity index (χ0n) is 20.1. The maximum atomic E-state index is 13.8. The van der Waals surface area contributed by atoms with Crippen molar-refractivity contribution in [1.82, 2.24) is 24.6 Å². The first-order valence-electron chi connectivity index (χ1n) is 10.9. The molecule has 1 unspecified atom stereocenters. The molecule has 14 heteroatoms. The number of terminal acetylenes is 1. The van der Waals surface area contributed by atoms with Crippen molar-refractivity contribution in [2.75, 3.05) is 18.9 Å². The van der Waals surface area contributed by atoms with Gasteiger partial charge in [0, 0.05) is 6.42 Å². The summed E-state index contributed by atoms with van der Waals surface area (Å²) in [5, 5.41) is 2.66. The molecule has 2 aromatic heterocycles. The van der Waals surface area contributed by atoms with Crippen molar-refractivity contribution in [3.63, 3.8) is 0 Å². The summed E-state index contributed by atoms with van der Waals surface area (Å²) in [5.74, 6) is 1.78. The van der Waals surface area contributed by atoms with Gasteiger partial charge in [0.1, 0.15) is 24.5 Å². The average molecular weight is 510 g/mol. The van der Waals surface area contributed by atoms with Crippen LogP contribution in [0.2, 0.25) is 0 Å². The Kier molecular flexibility index (Phi) is 6.18. The van der Waals surface area contributed by atoms with E-state index in [0.717, 1.165) is 0 Å². The number of carbonyl (C=O) groups is 1. The predicted octanol–water partition coefficient (Wildman–Crippen LogP) is 2.32. The third-order valence-electron chi connectivity index (χ3n) is 5.54. The molecule has 35 heavy (non-hydrogen) atoms. The van der Waals surface area contributed by atoms with Gasteiger partial charge in [0.15, 0.2) is 22.6 Å². The van der Waals surface area contributed by atoms with E-state index in [0.29, 0.717) is 0 Å². The van der Waals surface area contributed by atoms with Crippen LogP contribution in [0.25, 0.3) is 11.2 Å². The fraction of sp³-hybridized carbons (Fsp3) is 0.619. The Balaban J connectivity index is 1.53. The molecule has 0 radical (unpaired) electrons. The lowest BCUT2D eigenvalue weighted by atomic mass is 9.98. The summed E-state index contributed by atoms with van der Waals surface area (Å²) in [4.78, 5) is 24.0. The highest BCUT2D eigenvalue weighted by Crippen LogP contribution is 2.57. The molecule has 0 aliphatic carbocycles. The fourth-order valence-electron chi connectivity index (χ4n) is 3.74. The molecule has 0 amide bonds. The maximum absolute atomic E-state index is 13.8. The molecule has 0 saturated carbocycles. The number of fused-ring (bicyclic) bond motifs is 2. The normalized spacial score (nSPS) is 29.1. The molecule has 12 nitrogen and oxygen atoms in total. The summed E-state index contributed by atoms with van der Waals surface area (Å²) in [6, 6.07) is 0. The summed E-state index contributed by atoms with van der Waals surface area (Å²) in [6.45, 7) is 8.68. The molecule has 2 aliphatic rings. The lowest BCUT2D eigenvalue weighted by Gasteiger charge is -2.39. The van der Waals surface area contributed by atoms with E-state index >= 15 is 0 Å². The number of hydrogen-bond donors (Lipinski definition) is 2. The molecule has 4 atom stereocenters. The first-order valence-corrected chi connectivity index (χ1v) is 12.4. The van der Waals surface area contributed by atoms with E-state index in [1.54, 1.807) is 0 Å². The number of nitrogens with two attached hydrogens (primary N) is 1. The van der Waals surface area contributed by atoms with E-state index in [2.05, 4.69) is 26.0 Å². The maximum Gasteiger partial charge on any atom is 0.407 e. The minimum atomic E-state index is -4.00. The third-order valence-corrected chi connectivity index (χ3v) is 7.37. The van der Waals surface area contributed by atoms with E-state index in [-0.39, 0.29) is 42.0 Å². The van der Waals surface area contributed by atoms with Gasteiger partial charge in [-0.1, -0.05) is 26.7 Å². The van der Waals surface area contributed by atoms with Gasteiger partial charge in [-0.25, -0.2) is 14.6 Å². The first-order chi connectivity index (χ1) is 16.2. The summed E-state index contributed by atoms with van der Waals surface area (Å²) in [7, 11) is -4.00. The number of anilines is 1. The molecule has 4 heterocycles. The van der Waals surface area contributed by atoms with Crippen LogP contribution in [0.5, 0.6) is 0 Å². The van der Waals surface area contributed by atoms with Gasteiger partial charge in [0.2, 0.25) is 0 Å². The second kappa shape index (κ2) is 8.50. The van der Waals surface area contributed by atoms with Gasteiger partial charge in [-0.2, -0.15) is 14.4 Å². The molecular formula is C21H28FN6O6P. The second-order valence-corrected chi connectivity index (χ2v) is 12.0. The topological polar surface area (TPSA) is 153 Å². The first kappa shape index (κ1) is 25.5. The number of halogens is 1. The van der Waals surface area contributed by atoms with Crippen LogP contribution in [0, 0.1) is 23.8 Å². The molecule has 4 rings (SSSR count). The molecule has 2 aromatic rings. The number of esters is 1. The highest BCUT2D eigenvalue weighted by Gasteiger charge is 2.58. The van der Waals surface area contributed by atoms with Gasteiger partial charge in [-0.05, 0) is 19.3 Å². The van der Waals surface area contributed by atoms with Gasteiger partial charge < -0.3 is 15.2 Å². The average Bonchev–Trinajstić information content (AvgIpc) is 3.32. The van der Waals surface area contributed by atoms with E-state index in [1.165, 1.54) is 24.7 Å². The van der Waals surface area contributed by atoms with Crippen molar-refractivity contribution < 1.29 is 32.3 Å². The summed E-state index contributed by atoms with van der Waals surface area (Å²) in [6.07, 6.45) is 4.54. The highest BCUT2D eigenvalue weighted by atomic mass is 31.2. The van der Waals surface area contributed by atoms with Crippen LogP contribution in [-0.4, -0.2) is 55.9 Å². The number of aromatic nitrogens is 4. The van der Waals surface area contributed by atoms with E-state index in [1.807, 2.05) is 20.8 Å². The van der Waals surface area contributed by atoms with Crippen LogP contribution in [-0.2, 0) is 27.9 Å². The number of nitrogen functional groups attached to an aromatic ring is 1. The Morgan fingerprint density at radius 1 is 1.43 bits per heavy atom. The lowest BCUT2D eigenvalue weighted by molar-refractivity contribution is -0.153. The number of carbonyl (C=O) groups excluding carboxylic acids is 1. The smallest absolute Gasteiger partial charge is 0.407 e. The van der Waals surface area contributed by atoms with Gasteiger partial charge in [0.05, 0.1) is 12.9 Å².